The van der Waals surface area contributed by atoms with Gasteiger partial charge in [0.05, 0.1) is 19.3 Å². The van der Waals surface area contributed by atoms with Gasteiger partial charge in [0.25, 0.3) is 11.5 Å². The number of fused-ring (bicyclic) bond motifs is 2. The van der Waals surface area contributed by atoms with Crippen molar-refractivity contribution in [3.8, 4) is 11.5 Å². The van der Waals surface area contributed by atoms with Crippen molar-refractivity contribution < 1.29 is 19.1 Å². The Balaban J connectivity index is 1.65. The van der Waals surface area contributed by atoms with Crippen molar-refractivity contribution in [2.24, 2.45) is 0 Å². The van der Waals surface area contributed by atoms with Crippen LogP contribution in [-0.4, -0.2) is 36.5 Å². The number of rotatable bonds is 6. The fourth-order valence-electron chi connectivity index (χ4n) is 3.47. The van der Waals surface area contributed by atoms with E-state index in [1.807, 2.05) is 0 Å². The third-order valence-corrected chi connectivity index (χ3v) is 5.03. The third kappa shape index (κ3) is 3.45. The normalized spacial score (nSPS) is 13.0. The smallest absolute Gasteiger partial charge is 0.265 e. The molecule has 0 atom stereocenters. The molecule has 2 heterocycles. The summed E-state index contributed by atoms with van der Waals surface area (Å²) in [4.78, 5) is 39.4. The van der Waals surface area contributed by atoms with Gasteiger partial charge in [-0.15, -0.1) is 6.58 Å². The summed E-state index contributed by atoms with van der Waals surface area (Å²) >= 11 is 0. The molecule has 1 aromatic heterocycles. The molecule has 30 heavy (non-hydrogen) atoms. The van der Waals surface area contributed by atoms with Crippen LogP contribution in [0.15, 0.2) is 66.1 Å². The maximum Gasteiger partial charge on any atom is 0.265 e. The van der Waals surface area contributed by atoms with Gasteiger partial charge in [0, 0.05) is 23.7 Å². The van der Waals surface area contributed by atoms with Gasteiger partial charge in [-0.05, 0) is 47.9 Å². The molecule has 7 heteroatoms. The van der Waals surface area contributed by atoms with Gasteiger partial charge in [0.1, 0.15) is 11.5 Å². The highest BCUT2D eigenvalue weighted by Crippen LogP contribution is 2.33. The number of methoxy groups -OCH3 is 1. The van der Waals surface area contributed by atoms with Gasteiger partial charge in [-0.25, -0.2) is 0 Å². The number of hydrogen-bond donors (Lipinski definition) is 0. The molecule has 1 amide bonds. The lowest BCUT2D eigenvalue weighted by atomic mass is 10.1. The van der Waals surface area contributed by atoms with Crippen LogP contribution in [-0.2, 0) is 11.3 Å². The van der Waals surface area contributed by atoms with Gasteiger partial charge >= 0.3 is 0 Å². The van der Waals surface area contributed by atoms with Crippen LogP contribution < -0.4 is 19.9 Å². The van der Waals surface area contributed by atoms with Crippen molar-refractivity contribution in [2.45, 2.75) is 6.54 Å². The van der Waals surface area contributed by atoms with Crippen molar-refractivity contribution in [2.75, 3.05) is 25.2 Å². The second-order valence-electron chi connectivity index (χ2n) is 6.89. The van der Waals surface area contributed by atoms with Crippen LogP contribution in [0.4, 0.5) is 5.69 Å². The molecule has 0 saturated heterocycles. The molecular weight excluding hydrogens is 384 g/mol. The average Bonchev–Trinajstić information content (AvgIpc) is 2.77. The third-order valence-electron chi connectivity index (χ3n) is 5.03. The molecule has 2 aromatic carbocycles. The van der Waals surface area contributed by atoms with Gasteiger partial charge in [-0.3, -0.25) is 14.4 Å². The van der Waals surface area contributed by atoms with E-state index in [1.54, 1.807) is 61.8 Å². The molecule has 0 aliphatic carbocycles. The Morgan fingerprint density at radius 2 is 2.03 bits per heavy atom. The number of nitrogens with zero attached hydrogens (tertiary/aromatic N) is 2. The minimum Gasteiger partial charge on any atom is -0.497 e. The highest BCUT2D eigenvalue weighted by molar-refractivity contribution is 6.02. The molecule has 1 aliphatic heterocycles. The first-order valence-electron chi connectivity index (χ1n) is 9.40. The van der Waals surface area contributed by atoms with Crippen LogP contribution in [0.2, 0.25) is 0 Å². The molecule has 0 unspecified atom stereocenters. The topological polar surface area (TPSA) is 77.8 Å². The number of carbonyl (C=O) groups excluding carboxylic acids is 2. The van der Waals surface area contributed by atoms with Crippen LogP contribution in [0, 0.1) is 0 Å². The second-order valence-corrected chi connectivity index (χ2v) is 6.89. The van der Waals surface area contributed by atoms with Gasteiger partial charge in [0.15, 0.2) is 12.4 Å². The Labute approximate surface area is 172 Å². The van der Waals surface area contributed by atoms with Crippen molar-refractivity contribution in [1.29, 1.82) is 0 Å². The molecule has 7 nitrogen and oxygen atoms in total. The first-order valence-corrected chi connectivity index (χ1v) is 9.40. The summed E-state index contributed by atoms with van der Waals surface area (Å²) < 4.78 is 12.0. The van der Waals surface area contributed by atoms with Crippen molar-refractivity contribution in [3.05, 3.63) is 77.2 Å². The number of ketones is 1. The minimum atomic E-state index is -0.256. The Hall–Kier alpha value is -3.87. The van der Waals surface area contributed by atoms with Crippen molar-refractivity contribution in [1.82, 2.24) is 4.57 Å². The summed E-state index contributed by atoms with van der Waals surface area (Å²) in [6.45, 7) is 3.83. The molecule has 1 aliphatic rings. The largest absolute Gasteiger partial charge is 0.497 e. The van der Waals surface area contributed by atoms with Crippen molar-refractivity contribution >= 4 is 28.2 Å². The zero-order valence-corrected chi connectivity index (χ0v) is 16.5. The highest BCUT2D eigenvalue weighted by atomic mass is 16.5. The summed E-state index contributed by atoms with van der Waals surface area (Å²) in [6, 6.07) is 11.9. The van der Waals surface area contributed by atoms with E-state index in [1.165, 1.54) is 9.47 Å². The number of amides is 1. The lowest BCUT2D eigenvalue weighted by molar-refractivity contribution is -0.121. The van der Waals surface area contributed by atoms with Crippen LogP contribution in [0.3, 0.4) is 0 Å². The molecule has 0 spiro atoms. The van der Waals surface area contributed by atoms with Gasteiger partial charge in [0.2, 0.25) is 0 Å². The maximum absolute atomic E-state index is 12.9. The molecule has 0 N–H and O–H groups in total. The maximum atomic E-state index is 12.9. The van der Waals surface area contributed by atoms with Gasteiger partial charge < -0.3 is 18.9 Å². The molecular formula is C23H20N2O5. The lowest BCUT2D eigenvalue weighted by Gasteiger charge is -2.28. The summed E-state index contributed by atoms with van der Waals surface area (Å²) in [7, 11) is 1.56. The van der Waals surface area contributed by atoms with E-state index in [-0.39, 0.29) is 30.4 Å². The predicted molar refractivity (Wildman–Crippen MR) is 114 cm³/mol. The van der Waals surface area contributed by atoms with E-state index < -0.39 is 0 Å². The number of anilines is 1. The first-order chi connectivity index (χ1) is 14.5. The SMILES string of the molecule is C=CCN1C(=O)COc2ccc(C(=O)Cn3ccc4cc(OC)ccc4c3=O)cc21. The van der Waals surface area contributed by atoms with E-state index in [0.29, 0.717) is 34.7 Å². The number of ether oxygens (including phenoxy) is 2. The number of carbonyl (C=O) groups is 2. The minimum absolute atomic E-state index is 0.0502. The first kappa shape index (κ1) is 19.4. The molecule has 0 fully saturated rings. The summed E-state index contributed by atoms with van der Waals surface area (Å²) in [5.41, 5.74) is 0.658. The van der Waals surface area contributed by atoms with Crippen LogP contribution >= 0.6 is 0 Å². The monoisotopic (exact) mass is 404 g/mol. The Kier molecular flexibility index (Phi) is 5.10. The van der Waals surface area contributed by atoms with Crippen LogP contribution in [0.5, 0.6) is 11.5 Å². The number of benzene rings is 2. The van der Waals surface area contributed by atoms with Crippen molar-refractivity contribution in [3.63, 3.8) is 0 Å². The van der Waals surface area contributed by atoms with Crippen LogP contribution in [0.1, 0.15) is 10.4 Å². The Morgan fingerprint density at radius 3 is 2.80 bits per heavy atom. The molecule has 3 aromatic rings. The fraction of sp³-hybridized carbons (Fsp3) is 0.174. The quantitative estimate of drug-likeness (QED) is 0.466. The van der Waals surface area contributed by atoms with E-state index in [9.17, 15) is 14.4 Å². The zero-order valence-electron chi connectivity index (χ0n) is 16.5. The van der Waals surface area contributed by atoms with E-state index in [2.05, 4.69) is 6.58 Å². The van der Waals surface area contributed by atoms with E-state index in [4.69, 9.17) is 9.47 Å². The molecule has 0 bridgehead atoms. The Bertz CT molecular complexity index is 1230. The number of hydrogen-bond acceptors (Lipinski definition) is 5. The number of aromatic nitrogens is 1. The summed E-state index contributed by atoms with van der Waals surface area (Å²) in [5.74, 6) is 0.743. The van der Waals surface area contributed by atoms with Crippen LogP contribution in [0.25, 0.3) is 10.8 Å². The lowest BCUT2D eigenvalue weighted by Crippen LogP contribution is -2.39. The molecule has 0 radical (unpaired) electrons. The zero-order chi connectivity index (χ0) is 21.3. The van der Waals surface area contributed by atoms with E-state index in [0.717, 1.165) is 5.39 Å². The molecule has 0 saturated carbocycles. The van der Waals surface area contributed by atoms with Gasteiger partial charge in [-0.1, -0.05) is 6.08 Å². The fourth-order valence-corrected chi connectivity index (χ4v) is 3.47. The summed E-state index contributed by atoms with van der Waals surface area (Å²) in [5, 5.41) is 1.25. The highest BCUT2D eigenvalue weighted by Gasteiger charge is 2.25. The number of Topliss-reactive ketones (excluding diaryl/α,β-unsaturated/α-hetero) is 1. The molecule has 152 valence electrons. The Morgan fingerprint density at radius 1 is 1.20 bits per heavy atom. The van der Waals surface area contributed by atoms with Gasteiger partial charge in [-0.2, -0.15) is 0 Å². The van der Waals surface area contributed by atoms with E-state index >= 15 is 0 Å². The predicted octanol–water partition coefficient (Wildman–Crippen LogP) is 2.80. The second kappa shape index (κ2) is 7.87. The average molecular weight is 404 g/mol. The summed E-state index contributed by atoms with van der Waals surface area (Å²) in [6.07, 6.45) is 3.21. The standard InChI is InChI=1S/C23H20N2O5/c1-3-9-25-19-12-16(4-7-21(19)30-14-22(25)27)20(26)13-24-10-8-15-11-17(29-2)5-6-18(15)23(24)28/h3-8,10-12H,1,9,13-14H2,2H3. The number of pyridine rings is 1. The molecule has 4 rings (SSSR count).